The van der Waals surface area contributed by atoms with Gasteiger partial charge in [0.25, 0.3) is 0 Å². The van der Waals surface area contributed by atoms with Crippen molar-refractivity contribution in [1.29, 1.82) is 0 Å². The van der Waals surface area contributed by atoms with Crippen molar-refractivity contribution in [2.75, 3.05) is 0 Å². The zero-order valence-corrected chi connectivity index (χ0v) is 13.5. The molecule has 100 valence electrons. The van der Waals surface area contributed by atoms with Gasteiger partial charge in [-0.25, -0.2) is 0 Å². The molecule has 7 aliphatic rings. The SMILES string of the molecule is Cl[P+](Cl)(Cl)C12CC3C[C@@H]4C5CC(CC41)CC2[C@H]5C3. The first-order valence-electron chi connectivity index (χ1n) is 7.49. The van der Waals surface area contributed by atoms with Gasteiger partial charge in [0.1, 0.15) is 38.9 Å². The van der Waals surface area contributed by atoms with Crippen LogP contribution in [0.25, 0.3) is 0 Å². The Balaban J connectivity index is 1.72. The highest BCUT2D eigenvalue weighted by Crippen LogP contribution is 2.93. The monoisotopic (exact) mass is 323 g/mol. The van der Waals surface area contributed by atoms with E-state index in [2.05, 4.69) is 0 Å². The van der Waals surface area contributed by atoms with Crippen LogP contribution in [0.1, 0.15) is 38.5 Å². The van der Waals surface area contributed by atoms with E-state index < -0.39 is 5.32 Å². The topological polar surface area (TPSA) is 0 Å². The minimum atomic E-state index is -2.28. The van der Waals surface area contributed by atoms with Gasteiger partial charge in [-0.1, -0.05) is 0 Å². The molecule has 6 unspecified atom stereocenters. The summed E-state index contributed by atoms with van der Waals surface area (Å²) in [5.41, 5.74) is 0. The average Bonchev–Trinajstić information content (AvgIpc) is 2.33. The summed E-state index contributed by atoms with van der Waals surface area (Å²) in [7, 11) is 0. The van der Waals surface area contributed by atoms with Gasteiger partial charge >= 0.3 is 5.32 Å². The maximum absolute atomic E-state index is 6.66. The number of hydrogen-bond acceptors (Lipinski definition) is 0. The first-order chi connectivity index (χ1) is 8.50. The third kappa shape index (κ3) is 1.15. The molecule has 8 atom stereocenters. The maximum Gasteiger partial charge on any atom is 0.314 e. The van der Waals surface area contributed by atoms with Crippen molar-refractivity contribution in [3.63, 3.8) is 0 Å². The van der Waals surface area contributed by atoms with Gasteiger partial charge in [-0.15, -0.1) is 0 Å². The molecule has 7 rings (SSSR count). The number of halogens is 3. The van der Waals surface area contributed by atoms with Crippen LogP contribution in [0.2, 0.25) is 0 Å². The second-order valence-corrected chi connectivity index (χ2v) is 15.6. The van der Waals surface area contributed by atoms with E-state index in [9.17, 15) is 0 Å². The molecule has 0 aromatic heterocycles. The van der Waals surface area contributed by atoms with Crippen LogP contribution in [0.5, 0.6) is 0 Å². The Kier molecular flexibility index (Phi) is 2.23. The van der Waals surface area contributed by atoms with E-state index >= 15 is 0 Å². The molecular formula is C14H19Cl3P+. The Hall–Kier alpha value is 1.30. The zero-order chi connectivity index (χ0) is 12.3. The first-order valence-corrected chi connectivity index (χ1v) is 12.0. The first kappa shape index (κ1) is 11.9. The molecule has 8 bridgehead atoms. The van der Waals surface area contributed by atoms with E-state index in [1.165, 1.54) is 38.5 Å². The standard InChI is InChI=1S/C14H19Cl3P/c15-18(16,17)14-6-8-2-10-9-1-7(4-12(10)14)5-13(14)11(9)3-8/h7-13H,1-6H2/q+1/t7?,8?,9?,10-,11+,12?,13?,14?. The second kappa shape index (κ2) is 3.37. The van der Waals surface area contributed by atoms with Crippen molar-refractivity contribution in [3.05, 3.63) is 0 Å². The number of rotatable bonds is 1. The highest BCUT2D eigenvalue weighted by molar-refractivity contribution is 8.33. The molecule has 0 aromatic rings. The fourth-order valence-electron chi connectivity index (χ4n) is 7.39. The zero-order valence-electron chi connectivity index (χ0n) is 10.4. The third-order valence-corrected chi connectivity index (χ3v) is 12.1. The van der Waals surface area contributed by atoms with Gasteiger partial charge in [-0.05, 0) is 68.1 Å². The van der Waals surface area contributed by atoms with Crippen LogP contribution < -0.4 is 0 Å². The Morgan fingerprint density at radius 2 is 1.28 bits per heavy atom. The molecule has 0 heterocycles. The Bertz CT molecular complexity index is 394. The van der Waals surface area contributed by atoms with E-state index in [-0.39, 0.29) is 5.16 Å². The number of hydrogen-bond donors (Lipinski definition) is 0. The van der Waals surface area contributed by atoms with E-state index in [0.29, 0.717) is 0 Å². The summed E-state index contributed by atoms with van der Waals surface area (Å²) in [5, 5.41) is -2.11. The molecule has 0 radical (unpaired) electrons. The third-order valence-electron chi connectivity index (χ3n) is 7.50. The van der Waals surface area contributed by atoms with Crippen LogP contribution >= 0.6 is 39.0 Å². The molecule has 0 nitrogen and oxygen atoms in total. The van der Waals surface area contributed by atoms with Crippen molar-refractivity contribution in [3.8, 4) is 0 Å². The van der Waals surface area contributed by atoms with Crippen LogP contribution in [-0.2, 0) is 0 Å². The van der Waals surface area contributed by atoms with E-state index in [0.717, 1.165) is 41.4 Å². The predicted molar refractivity (Wildman–Crippen MR) is 79.3 cm³/mol. The fourth-order valence-corrected chi connectivity index (χ4v) is 12.1. The lowest BCUT2D eigenvalue weighted by atomic mass is 9.35. The summed E-state index contributed by atoms with van der Waals surface area (Å²) in [6, 6.07) is 0. The quantitative estimate of drug-likeness (QED) is 0.525. The second-order valence-electron chi connectivity index (χ2n) is 7.76. The minimum Gasteiger partial charge on any atom is -0.0470 e. The van der Waals surface area contributed by atoms with Gasteiger partial charge < -0.3 is 0 Å². The largest absolute Gasteiger partial charge is 0.314 e. The molecule has 4 heteroatoms. The maximum atomic E-state index is 6.66. The van der Waals surface area contributed by atoms with E-state index in [1.807, 2.05) is 0 Å². The summed E-state index contributed by atoms with van der Waals surface area (Å²) in [6.07, 6.45) is 8.51. The highest BCUT2D eigenvalue weighted by Gasteiger charge is 2.79. The normalized spacial score (nSPS) is 63.8. The Labute approximate surface area is 124 Å². The average molecular weight is 325 g/mol. The molecule has 0 spiro atoms. The molecule has 0 aromatic carbocycles. The lowest BCUT2D eigenvalue weighted by Crippen LogP contribution is -2.70. The molecule has 18 heavy (non-hydrogen) atoms. The molecule has 0 amide bonds. The van der Waals surface area contributed by atoms with E-state index in [4.69, 9.17) is 33.7 Å². The van der Waals surface area contributed by atoms with Crippen molar-refractivity contribution in [2.45, 2.75) is 43.7 Å². The Morgan fingerprint density at radius 1 is 0.722 bits per heavy atom. The summed E-state index contributed by atoms with van der Waals surface area (Å²) in [6.45, 7) is 0. The van der Waals surface area contributed by atoms with Crippen molar-refractivity contribution >= 4 is 39.0 Å². The molecule has 7 aliphatic carbocycles. The van der Waals surface area contributed by atoms with Crippen molar-refractivity contribution in [1.82, 2.24) is 0 Å². The van der Waals surface area contributed by atoms with Crippen molar-refractivity contribution < 1.29 is 0 Å². The van der Waals surface area contributed by atoms with Gasteiger partial charge in [0.15, 0.2) is 0 Å². The van der Waals surface area contributed by atoms with Crippen LogP contribution in [0, 0.1) is 41.4 Å². The van der Waals surface area contributed by atoms with E-state index in [1.54, 1.807) is 0 Å². The van der Waals surface area contributed by atoms with Crippen molar-refractivity contribution in [2.24, 2.45) is 41.4 Å². The fraction of sp³-hybridized carbons (Fsp3) is 1.00. The van der Waals surface area contributed by atoms with Gasteiger partial charge in [0.2, 0.25) is 0 Å². The summed E-state index contributed by atoms with van der Waals surface area (Å²) in [4.78, 5) is 0. The molecular weight excluding hydrogens is 305 g/mol. The van der Waals surface area contributed by atoms with Crippen LogP contribution in [0.3, 0.4) is 0 Å². The summed E-state index contributed by atoms with van der Waals surface area (Å²) in [5.74, 6) is 6.35. The molecule has 0 saturated heterocycles. The predicted octanol–water partition coefficient (Wildman–Crippen LogP) is 5.93. The van der Waals surface area contributed by atoms with Crippen LogP contribution in [0.4, 0.5) is 0 Å². The highest BCUT2D eigenvalue weighted by atomic mass is 36.1. The minimum absolute atomic E-state index is 0.168. The van der Waals surface area contributed by atoms with Gasteiger partial charge in [-0.2, -0.15) is 0 Å². The summed E-state index contributed by atoms with van der Waals surface area (Å²) >= 11 is 20.0. The van der Waals surface area contributed by atoms with Gasteiger partial charge in [-0.3, -0.25) is 0 Å². The lowest BCUT2D eigenvalue weighted by molar-refractivity contribution is -0.188. The smallest absolute Gasteiger partial charge is 0.0470 e. The molecule has 7 saturated carbocycles. The van der Waals surface area contributed by atoms with Gasteiger partial charge in [0, 0.05) is 11.8 Å². The molecule has 0 aliphatic heterocycles. The molecule has 0 N–H and O–H groups in total. The van der Waals surface area contributed by atoms with Crippen LogP contribution in [0.15, 0.2) is 0 Å². The lowest BCUT2D eigenvalue weighted by Gasteiger charge is -2.72. The summed E-state index contributed by atoms with van der Waals surface area (Å²) < 4.78 is 0. The molecule has 7 fully saturated rings. The Morgan fingerprint density at radius 3 is 1.83 bits per heavy atom. The van der Waals surface area contributed by atoms with Crippen LogP contribution in [-0.4, -0.2) is 5.16 Å². The van der Waals surface area contributed by atoms with Gasteiger partial charge in [0.05, 0.1) is 0 Å².